The maximum atomic E-state index is 12.3. The van der Waals surface area contributed by atoms with Gasteiger partial charge < -0.3 is 15.3 Å². The number of benzene rings is 1. The lowest BCUT2D eigenvalue weighted by Crippen LogP contribution is -2.44. The van der Waals surface area contributed by atoms with E-state index >= 15 is 0 Å². The van der Waals surface area contributed by atoms with Gasteiger partial charge in [0.05, 0.1) is 12.3 Å². The van der Waals surface area contributed by atoms with Crippen LogP contribution in [0.2, 0.25) is 0 Å². The molecule has 1 heterocycles. The molecule has 1 saturated heterocycles. The van der Waals surface area contributed by atoms with Crippen LogP contribution in [0.25, 0.3) is 0 Å². The van der Waals surface area contributed by atoms with Crippen LogP contribution < -0.4 is 14.9 Å². The van der Waals surface area contributed by atoms with E-state index in [1.165, 1.54) is 0 Å². The summed E-state index contributed by atoms with van der Waals surface area (Å²) >= 11 is 0. The van der Waals surface area contributed by atoms with Crippen molar-refractivity contribution in [1.82, 2.24) is 10.0 Å². The lowest BCUT2D eigenvalue weighted by atomic mass is 10.2. The first-order valence-corrected chi connectivity index (χ1v) is 8.20. The summed E-state index contributed by atoms with van der Waals surface area (Å²) < 4.78 is 27.0. The van der Waals surface area contributed by atoms with E-state index < -0.39 is 10.0 Å². The summed E-state index contributed by atoms with van der Waals surface area (Å²) in [5.74, 6) is 0. The molecule has 1 fully saturated rings. The molecule has 0 atom stereocenters. The SMILES string of the molecule is Cc1ccc(S(=O)(=O)NCCO)c(N2CCNCC2)c1. The van der Waals surface area contributed by atoms with Crippen LogP contribution in [0.1, 0.15) is 5.56 Å². The quantitative estimate of drug-likeness (QED) is 0.694. The largest absolute Gasteiger partial charge is 0.395 e. The van der Waals surface area contributed by atoms with Crippen molar-refractivity contribution in [2.75, 3.05) is 44.2 Å². The Balaban J connectivity index is 2.37. The highest BCUT2D eigenvalue weighted by molar-refractivity contribution is 7.89. The number of nitrogens with one attached hydrogen (secondary N) is 2. The second-order valence-corrected chi connectivity index (χ2v) is 6.56. The Labute approximate surface area is 119 Å². The van der Waals surface area contributed by atoms with Crippen molar-refractivity contribution in [2.45, 2.75) is 11.8 Å². The number of anilines is 1. The Hall–Kier alpha value is -1.15. The van der Waals surface area contributed by atoms with Crippen molar-refractivity contribution < 1.29 is 13.5 Å². The minimum atomic E-state index is -3.59. The minimum Gasteiger partial charge on any atom is -0.395 e. The van der Waals surface area contributed by atoms with E-state index in [4.69, 9.17) is 5.11 Å². The number of aryl methyl sites for hydroxylation is 1. The van der Waals surface area contributed by atoms with Gasteiger partial charge in [0.15, 0.2) is 0 Å². The first-order chi connectivity index (χ1) is 9.54. The van der Waals surface area contributed by atoms with Crippen molar-refractivity contribution >= 4 is 15.7 Å². The van der Waals surface area contributed by atoms with Gasteiger partial charge in [-0.1, -0.05) is 6.07 Å². The number of aliphatic hydroxyl groups excluding tert-OH is 1. The van der Waals surface area contributed by atoms with Crippen molar-refractivity contribution in [3.05, 3.63) is 23.8 Å². The molecule has 2 rings (SSSR count). The van der Waals surface area contributed by atoms with E-state index in [2.05, 4.69) is 14.9 Å². The molecule has 112 valence electrons. The van der Waals surface area contributed by atoms with Gasteiger partial charge in [0.2, 0.25) is 10.0 Å². The molecule has 3 N–H and O–H groups in total. The Morgan fingerprint density at radius 2 is 2.05 bits per heavy atom. The molecule has 0 amide bonds. The fourth-order valence-corrected chi connectivity index (χ4v) is 3.49. The predicted molar refractivity (Wildman–Crippen MR) is 78.5 cm³/mol. The molecule has 20 heavy (non-hydrogen) atoms. The van der Waals surface area contributed by atoms with Crippen LogP contribution in [0.3, 0.4) is 0 Å². The smallest absolute Gasteiger partial charge is 0.242 e. The molecule has 0 unspecified atom stereocenters. The zero-order valence-electron chi connectivity index (χ0n) is 11.6. The highest BCUT2D eigenvalue weighted by atomic mass is 32.2. The van der Waals surface area contributed by atoms with Gasteiger partial charge >= 0.3 is 0 Å². The lowest BCUT2D eigenvalue weighted by molar-refractivity contribution is 0.301. The van der Waals surface area contributed by atoms with Crippen LogP contribution >= 0.6 is 0 Å². The molecule has 0 aliphatic carbocycles. The summed E-state index contributed by atoms with van der Waals surface area (Å²) in [4.78, 5) is 2.36. The molecule has 1 aromatic rings. The van der Waals surface area contributed by atoms with E-state index in [0.717, 1.165) is 37.4 Å². The number of hydrogen-bond donors (Lipinski definition) is 3. The van der Waals surface area contributed by atoms with Gasteiger partial charge in [-0.3, -0.25) is 0 Å². The number of hydrogen-bond acceptors (Lipinski definition) is 5. The van der Waals surface area contributed by atoms with Crippen LogP contribution in [-0.4, -0.2) is 52.9 Å². The standard InChI is InChI=1S/C13H21N3O3S/c1-11-2-3-13(20(18,19)15-6-9-17)12(10-11)16-7-4-14-5-8-16/h2-3,10,14-15,17H,4-9H2,1H3. The maximum absolute atomic E-state index is 12.3. The van der Waals surface area contributed by atoms with E-state index in [0.29, 0.717) is 0 Å². The first kappa shape index (κ1) is 15.2. The minimum absolute atomic E-state index is 0.0250. The van der Waals surface area contributed by atoms with E-state index in [-0.39, 0.29) is 18.0 Å². The number of piperazine rings is 1. The number of nitrogens with zero attached hydrogens (tertiary/aromatic N) is 1. The van der Waals surface area contributed by atoms with Gasteiger partial charge in [-0.2, -0.15) is 0 Å². The van der Waals surface area contributed by atoms with Crippen LogP contribution in [0.4, 0.5) is 5.69 Å². The van der Waals surface area contributed by atoms with Crippen LogP contribution in [-0.2, 0) is 10.0 Å². The van der Waals surface area contributed by atoms with Crippen molar-refractivity contribution in [3.63, 3.8) is 0 Å². The molecule has 1 aliphatic rings. The van der Waals surface area contributed by atoms with E-state index in [9.17, 15) is 8.42 Å². The van der Waals surface area contributed by atoms with Gasteiger partial charge in [0.25, 0.3) is 0 Å². The zero-order chi connectivity index (χ0) is 14.6. The summed E-state index contributed by atoms with van der Waals surface area (Å²) in [6, 6.07) is 5.32. The molecule has 7 heteroatoms. The van der Waals surface area contributed by atoms with Crippen molar-refractivity contribution in [2.24, 2.45) is 0 Å². The number of rotatable bonds is 5. The van der Waals surface area contributed by atoms with Crippen molar-refractivity contribution in [3.8, 4) is 0 Å². The van der Waals surface area contributed by atoms with Crippen LogP contribution in [0, 0.1) is 6.92 Å². The molecular weight excluding hydrogens is 278 g/mol. The third-order valence-corrected chi connectivity index (χ3v) is 4.77. The highest BCUT2D eigenvalue weighted by Gasteiger charge is 2.22. The second-order valence-electron chi connectivity index (χ2n) is 4.83. The third-order valence-electron chi connectivity index (χ3n) is 3.27. The van der Waals surface area contributed by atoms with Crippen LogP contribution in [0.5, 0.6) is 0 Å². The summed E-state index contributed by atoms with van der Waals surface area (Å²) in [7, 11) is -3.59. The Morgan fingerprint density at radius 3 is 2.70 bits per heavy atom. The monoisotopic (exact) mass is 299 g/mol. The molecule has 0 aromatic heterocycles. The van der Waals surface area contributed by atoms with Gasteiger partial charge in [0.1, 0.15) is 4.90 Å². The Bertz CT molecular complexity index is 554. The fraction of sp³-hybridized carbons (Fsp3) is 0.538. The second kappa shape index (κ2) is 6.53. The first-order valence-electron chi connectivity index (χ1n) is 6.71. The molecule has 1 aliphatic heterocycles. The van der Waals surface area contributed by atoms with Gasteiger partial charge in [-0.05, 0) is 24.6 Å². The van der Waals surface area contributed by atoms with E-state index in [1.807, 2.05) is 13.0 Å². The number of sulfonamides is 1. The lowest BCUT2D eigenvalue weighted by Gasteiger charge is -2.31. The van der Waals surface area contributed by atoms with Gasteiger partial charge in [0, 0.05) is 32.7 Å². The molecule has 6 nitrogen and oxygen atoms in total. The van der Waals surface area contributed by atoms with E-state index in [1.54, 1.807) is 12.1 Å². The highest BCUT2D eigenvalue weighted by Crippen LogP contribution is 2.26. The molecule has 0 spiro atoms. The molecule has 0 saturated carbocycles. The predicted octanol–water partition coefficient (Wildman–Crippen LogP) is -0.325. The average molecular weight is 299 g/mol. The molecule has 0 radical (unpaired) electrons. The van der Waals surface area contributed by atoms with Crippen molar-refractivity contribution in [1.29, 1.82) is 0 Å². The topological polar surface area (TPSA) is 81.7 Å². The summed E-state index contributed by atoms with van der Waals surface area (Å²) in [5.41, 5.74) is 1.76. The third kappa shape index (κ3) is 3.49. The average Bonchev–Trinajstić information content (AvgIpc) is 2.46. The van der Waals surface area contributed by atoms with Crippen LogP contribution in [0.15, 0.2) is 23.1 Å². The Kier molecular flexibility index (Phi) is 4.98. The zero-order valence-corrected chi connectivity index (χ0v) is 12.4. The van der Waals surface area contributed by atoms with Gasteiger partial charge in [-0.15, -0.1) is 0 Å². The normalized spacial score (nSPS) is 16.4. The molecular formula is C13H21N3O3S. The molecule has 0 bridgehead atoms. The fourth-order valence-electron chi connectivity index (χ4n) is 2.27. The number of aliphatic hydroxyl groups is 1. The molecule has 1 aromatic carbocycles. The Morgan fingerprint density at radius 1 is 1.35 bits per heavy atom. The summed E-state index contributed by atoms with van der Waals surface area (Å²) in [6.45, 7) is 5.02. The summed E-state index contributed by atoms with van der Waals surface area (Å²) in [6.07, 6.45) is 0. The maximum Gasteiger partial charge on any atom is 0.242 e. The summed E-state index contributed by atoms with van der Waals surface area (Å²) in [5, 5.41) is 12.0. The van der Waals surface area contributed by atoms with Gasteiger partial charge in [-0.25, -0.2) is 13.1 Å².